The van der Waals surface area contributed by atoms with Crippen molar-refractivity contribution in [3.63, 3.8) is 0 Å². The van der Waals surface area contributed by atoms with E-state index >= 15 is 0 Å². The standard InChI is InChI=1S/C22H23F3N4O3S/c1-28(2)18-8-7-15(22(23,24)25)13-17(18)26-21(30)14-9-11-29(12-10-14)20-16-5-3-4-6-19(16)33(31,32)27-20/h3-8,13-14H,9-12H2,1-2H3,(H,26,30). The molecule has 0 spiro atoms. The van der Waals surface area contributed by atoms with Crippen LogP contribution in [0.15, 0.2) is 51.8 Å². The number of likely N-dealkylation sites (tertiary alicyclic amines) is 1. The molecule has 4 rings (SSSR count). The molecule has 33 heavy (non-hydrogen) atoms. The predicted molar refractivity (Wildman–Crippen MR) is 119 cm³/mol. The van der Waals surface area contributed by atoms with Crippen molar-refractivity contribution in [1.82, 2.24) is 4.90 Å². The molecule has 0 aromatic heterocycles. The number of amidine groups is 1. The summed E-state index contributed by atoms with van der Waals surface area (Å²) in [4.78, 5) is 16.5. The molecule has 1 fully saturated rings. The Labute approximate surface area is 190 Å². The highest BCUT2D eigenvalue weighted by atomic mass is 32.2. The zero-order valence-corrected chi connectivity index (χ0v) is 18.9. The number of carbonyl (C=O) groups is 1. The Morgan fingerprint density at radius 1 is 1.12 bits per heavy atom. The van der Waals surface area contributed by atoms with E-state index in [9.17, 15) is 26.4 Å². The predicted octanol–water partition coefficient (Wildman–Crippen LogP) is 3.57. The van der Waals surface area contributed by atoms with Crippen molar-refractivity contribution >= 4 is 33.1 Å². The highest BCUT2D eigenvalue weighted by molar-refractivity contribution is 7.90. The minimum absolute atomic E-state index is 0.0995. The van der Waals surface area contributed by atoms with E-state index in [1.165, 1.54) is 12.1 Å². The number of anilines is 2. The van der Waals surface area contributed by atoms with Gasteiger partial charge in [0.05, 0.1) is 16.9 Å². The number of benzene rings is 2. The lowest BCUT2D eigenvalue weighted by molar-refractivity contribution is -0.137. The van der Waals surface area contributed by atoms with Gasteiger partial charge in [0.15, 0.2) is 5.84 Å². The first kappa shape index (κ1) is 23.1. The molecule has 7 nitrogen and oxygen atoms in total. The molecular formula is C22H23F3N4O3S. The molecular weight excluding hydrogens is 457 g/mol. The van der Waals surface area contributed by atoms with E-state index in [1.807, 2.05) is 4.90 Å². The molecule has 176 valence electrons. The summed E-state index contributed by atoms with van der Waals surface area (Å²) in [7, 11) is -0.362. The van der Waals surface area contributed by atoms with E-state index in [4.69, 9.17) is 0 Å². The van der Waals surface area contributed by atoms with Crippen LogP contribution in [0.5, 0.6) is 0 Å². The number of piperidine rings is 1. The highest BCUT2D eigenvalue weighted by Gasteiger charge is 2.35. The third-order valence-electron chi connectivity index (χ3n) is 5.84. The second kappa shape index (κ2) is 8.36. The van der Waals surface area contributed by atoms with Gasteiger partial charge in [-0.3, -0.25) is 4.79 Å². The maximum absolute atomic E-state index is 13.2. The van der Waals surface area contributed by atoms with Gasteiger partial charge >= 0.3 is 6.18 Å². The van der Waals surface area contributed by atoms with E-state index in [0.29, 0.717) is 43.0 Å². The molecule has 0 atom stereocenters. The summed E-state index contributed by atoms with van der Waals surface area (Å²) >= 11 is 0. The summed E-state index contributed by atoms with van der Waals surface area (Å²) in [6.45, 7) is 0.813. The Morgan fingerprint density at radius 3 is 2.42 bits per heavy atom. The van der Waals surface area contributed by atoms with Gasteiger partial charge in [0.25, 0.3) is 10.0 Å². The summed E-state index contributed by atoms with van der Waals surface area (Å²) in [5.41, 5.74) is 0.274. The van der Waals surface area contributed by atoms with Gasteiger partial charge in [0.1, 0.15) is 4.90 Å². The van der Waals surface area contributed by atoms with Gasteiger partial charge < -0.3 is 15.1 Å². The molecule has 2 aliphatic heterocycles. The fourth-order valence-corrected chi connectivity index (χ4v) is 5.33. The molecule has 2 heterocycles. The van der Waals surface area contributed by atoms with Crippen LogP contribution in [0.25, 0.3) is 0 Å². The molecule has 0 saturated carbocycles. The minimum Gasteiger partial charge on any atom is -0.376 e. The van der Waals surface area contributed by atoms with Crippen LogP contribution in [0, 0.1) is 5.92 Å². The number of carbonyl (C=O) groups excluding carboxylic acids is 1. The summed E-state index contributed by atoms with van der Waals surface area (Å²) in [5, 5.41) is 2.66. The van der Waals surface area contributed by atoms with Gasteiger partial charge in [0, 0.05) is 38.7 Å². The first-order valence-corrected chi connectivity index (χ1v) is 11.8. The maximum atomic E-state index is 13.2. The Kier molecular flexibility index (Phi) is 5.85. The van der Waals surface area contributed by atoms with E-state index in [1.54, 1.807) is 37.2 Å². The van der Waals surface area contributed by atoms with Crippen LogP contribution in [0.1, 0.15) is 24.0 Å². The van der Waals surface area contributed by atoms with E-state index in [2.05, 4.69) is 9.71 Å². The molecule has 2 aromatic rings. The van der Waals surface area contributed by atoms with E-state index in [-0.39, 0.29) is 16.5 Å². The van der Waals surface area contributed by atoms with Gasteiger partial charge in [0.2, 0.25) is 5.91 Å². The Hall–Kier alpha value is -3.08. The van der Waals surface area contributed by atoms with Crippen LogP contribution < -0.4 is 10.2 Å². The summed E-state index contributed by atoms with van der Waals surface area (Å²) < 4.78 is 68.0. The van der Waals surface area contributed by atoms with Gasteiger partial charge in [-0.25, -0.2) is 0 Å². The second-order valence-electron chi connectivity index (χ2n) is 8.26. The smallest absolute Gasteiger partial charge is 0.376 e. The molecule has 11 heteroatoms. The lowest BCUT2D eigenvalue weighted by Gasteiger charge is -2.33. The van der Waals surface area contributed by atoms with Gasteiger partial charge in [-0.2, -0.15) is 21.6 Å². The molecule has 0 aliphatic carbocycles. The molecule has 0 bridgehead atoms. The SMILES string of the molecule is CN(C)c1ccc(C(F)(F)F)cc1NC(=O)C1CCN(C2=NS(=O)(=O)c3ccccc32)CC1. The first-order valence-electron chi connectivity index (χ1n) is 10.4. The number of rotatable bonds is 3. The van der Waals surface area contributed by atoms with Crippen molar-refractivity contribution in [2.45, 2.75) is 23.9 Å². The van der Waals surface area contributed by atoms with Gasteiger partial charge in [-0.15, -0.1) is 4.40 Å². The van der Waals surface area contributed by atoms with Crippen molar-refractivity contribution in [2.24, 2.45) is 10.3 Å². The molecule has 2 aliphatic rings. The number of amides is 1. The van der Waals surface area contributed by atoms with Crippen molar-refractivity contribution in [3.05, 3.63) is 53.6 Å². The van der Waals surface area contributed by atoms with Crippen LogP contribution in [-0.4, -0.2) is 52.2 Å². The molecule has 1 N–H and O–H groups in total. The number of hydrogen-bond acceptors (Lipinski definition) is 5. The first-order chi connectivity index (χ1) is 15.5. The average Bonchev–Trinajstić information content (AvgIpc) is 3.04. The largest absolute Gasteiger partial charge is 0.416 e. The lowest BCUT2D eigenvalue weighted by Crippen LogP contribution is -2.41. The molecule has 2 aromatic carbocycles. The van der Waals surface area contributed by atoms with Gasteiger partial charge in [-0.1, -0.05) is 12.1 Å². The number of fused-ring (bicyclic) bond motifs is 1. The van der Waals surface area contributed by atoms with E-state index in [0.717, 1.165) is 12.1 Å². The second-order valence-corrected chi connectivity index (χ2v) is 9.83. The summed E-state index contributed by atoms with van der Waals surface area (Å²) in [6.07, 6.45) is -3.68. The third-order valence-corrected chi connectivity index (χ3v) is 7.17. The number of nitrogens with one attached hydrogen (secondary N) is 1. The normalized spacial score (nSPS) is 18.0. The molecule has 0 radical (unpaired) electrons. The molecule has 1 amide bonds. The summed E-state index contributed by atoms with van der Waals surface area (Å²) in [6, 6.07) is 9.85. The average molecular weight is 481 g/mol. The van der Waals surface area contributed by atoms with Crippen LogP contribution in [-0.2, 0) is 21.0 Å². The van der Waals surface area contributed by atoms with Crippen molar-refractivity contribution < 1.29 is 26.4 Å². The van der Waals surface area contributed by atoms with Crippen LogP contribution in [0.3, 0.4) is 0 Å². The number of nitrogens with zero attached hydrogens (tertiary/aromatic N) is 3. The monoisotopic (exact) mass is 480 g/mol. The molecule has 1 saturated heterocycles. The highest BCUT2D eigenvalue weighted by Crippen LogP contribution is 2.36. The van der Waals surface area contributed by atoms with Crippen LogP contribution in [0.2, 0.25) is 0 Å². The maximum Gasteiger partial charge on any atom is 0.416 e. The zero-order chi connectivity index (χ0) is 24.0. The zero-order valence-electron chi connectivity index (χ0n) is 18.1. The molecule has 0 unspecified atom stereocenters. The van der Waals surface area contributed by atoms with Crippen molar-refractivity contribution in [2.75, 3.05) is 37.4 Å². The van der Waals surface area contributed by atoms with Crippen LogP contribution >= 0.6 is 0 Å². The topological polar surface area (TPSA) is 82.1 Å². The number of alkyl halides is 3. The summed E-state index contributed by atoms with van der Waals surface area (Å²) in [5.74, 6) is -0.407. The fourth-order valence-electron chi connectivity index (χ4n) is 4.11. The Balaban J connectivity index is 1.47. The van der Waals surface area contributed by atoms with Crippen LogP contribution in [0.4, 0.5) is 24.5 Å². The Bertz CT molecular complexity index is 1220. The quantitative estimate of drug-likeness (QED) is 0.727. The van der Waals surface area contributed by atoms with E-state index < -0.39 is 27.7 Å². The third kappa shape index (κ3) is 4.54. The number of hydrogen-bond donors (Lipinski definition) is 1. The lowest BCUT2D eigenvalue weighted by atomic mass is 9.95. The van der Waals surface area contributed by atoms with Crippen molar-refractivity contribution in [1.29, 1.82) is 0 Å². The van der Waals surface area contributed by atoms with Crippen molar-refractivity contribution in [3.8, 4) is 0 Å². The van der Waals surface area contributed by atoms with Gasteiger partial charge in [-0.05, 0) is 43.2 Å². The number of sulfonamides is 1. The minimum atomic E-state index is -4.52. The Morgan fingerprint density at radius 2 is 1.79 bits per heavy atom. The number of halogens is 3. The fraction of sp³-hybridized carbons (Fsp3) is 0.364.